The van der Waals surface area contributed by atoms with Crippen LogP contribution in [0, 0.1) is 23.7 Å². The standard InChI is InChI=1S/C25H27N3O3/c1-31-22-14-12-18(16-17(22)13-15-23(26)29)24-20-10-6-7-11-21(20)25(30)28(27-24)19-8-4-2-3-5-9-19/h4,6-8,12,14,16,19-21H,2-3,5,9-11H2,1H3,(H2,26,29)/t19-,20-,21+/m0/s1. The summed E-state index contributed by atoms with van der Waals surface area (Å²) in [6.07, 6.45) is 14.2. The second-order valence-electron chi connectivity index (χ2n) is 8.13. The molecule has 160 valence electrons. The van der Waals surface area contributed by atoms with Crippen molar-refractivity contribution in [2.75, 3.05) is 7.11 Å². The van der Waals surface area contributed by atoms with Crippen molar-refractivity contribution in [2.24, 2.45) is 22.7 Å². The number of allylic oxidation sites excluding steroid dienone is 3. The predicted octanol–water partition coefficient (Wildman–Crippen LogP) is 3.16. The zero-order valence-electron chi connectivity index (χ0n) is 17.7. The summed E-state index contributed by atoms with van der Waals surface area (Å²) in [7, 11) is 1.56. The van der Waals surface area contributed by atoms with E-state index in [4.69, 9.17) is 15.6 Å². The van der Waals surface area contributed by atoms with Crippen LogP contribution in [0.1, 0.15) is 49.7 Å². The minimum Gasteiger partial charge on any atom is -0.495 e. The molecule has 0 unspecified atom stereocenters. The fraction of sp³-hybridized carbons (Fsp3) is 0.400. The number of ether oxygens (including phenoxy) is 1. The minimum atomic E-state index is -0.697. The Labute approximate surface area is 182 Å². The van der Waals surface area contributed by atoms with Crippen LogP contribution in [0.2, 0.25) is 0 Å². The lowest BCUT2D eigenvalue weighted by atomic mass is 9.76. The first-order valence-corrected chi connectivity index (χ1v) is 10.8. The van der Waals surface area contributed by atoms with E-state index >= 15 is 0 Å². The van der Waals surface area contributed by atoms with E-state index in [-0.39, 0.29) is 23.8 Å². The molecule has 0 spiro atoms. The molecule has 3 atom stereocenters. The van der Waals surface area contributed by atoms with E-state index in [1.54, 1.807) is 12.1 Å². The number of hydrogen-bond acceptors (Lipinski definition) is 4. The van der Waals surface area contributed by atoms with Crippen LogP contribution >= 0.6 is 0 Å². The average molecular weight is 418 g/mol. The van der Waals surface area contributed by atoms with Gasteiger partial charge in [-0.3, -0.25) is 9.59 Å². The number of hydrogen-bond donors (Lipinski definition) is 1. The molecule has 1 aromatic carbocycles. The summed E-state index contributed by atoms with van der Waals surface area (Å²) >= 11 is 0. The molecule has 3 aliphatic rings. The SMILES string of the molecule is COc1ccc(C2=NN([C@H]3C=CCCCC3)C(=O)[C@@H]3CC=CC[C@H]23)cc1C#CC(N)=O. The van der Waals surface area contributed by atoms with Crippen LogP contribution in [0.3, 0.4) is 0 Å². The number of nitrogens with two attached hydrogens (primary N) is 1. The highest BCUT2D eigenvalue weighted by Crippen LogP contribution is 2.37. The Balaban J connectivity index is 1.78. The first-order valence-electron chi connectivity index (χ1n) is 10.8. The van der Waals surface area contributed by atoms with Gasteiger partial charge in [0.15, 0.2) is 0 Å². The molecule has 6 heteroatoms. The van der Waals surface area contributed by atoms with E-state index in [0.29, 0.717) is 11.3 Å². The van der Waals surface area contributed by atoms with E-state index in [2.05, 4.69) is 36.1 Å². The molecule has 2 amide bonds. The Kier molecular flexibility index (Phi) is 6.22. The van der Waals surface area contributed by atoms with Crippen molar-refractivity contribution in [3.8, 4) is 17.6 Å². The van der Waals surface area contributed by atoms with E-state index in [9.17, 15) is 9.59 Å². The molecule has 4 rings (SSSR count). The number of hydrazone groups is 1. The highest BCUT2D eigenvalue weighted by atomic mass is 16.5. The molecule has 0 saturated carbocycles. The van der Waals surface area contributed by atoms with Gasteiger partial charge in [0, 0.05) is 11.8 Å². The van der Waals surface area contributed by atoms with Crippen LogP contribution in [-0.2, 0) is 9.59 Å². The third-order valence-corrected chi connectivity index (χ3v) is 6.15. The lowest BCUT2D eigenvalue weighted by Gasteiger charge is -2.39. The van der Waals surface area contributed by atoms with Gasteiger partial charge in [0.2, 0.25) is 5.91 Å². The van der Waals surface area contributed by atoms with E-state index in [1.807, 2.05) is 18.2 Å². The Hall–Kier alpha value is -3.33. The van der Waals surface area contributed by atoms with E-state index in [0.717, 1.165) is 49.8 Å². The van der Waals surface area contributed by atoms with Gasteiger partial charge in [-0.1, -0.05) is 36.6 Å². The maximum Gasteiger partial charge on any atom is 0.293 e. The van der Waals surface area contributed by atoms with Crippen LogP contribution in [0.25, 0.3) is 0 Å². The first kappa shape index (κ1) is 20.9. The molecule has 0 radical (unpaired) electrons. The number of primary amides is 1. The van der Waals surface area contributed by atoms with Gasteiger partial charge in [0.25, 0.3) is 5.91 Å². The molecule has 1 heterocycles. The van der Waals surface area contributed by atoms with Crippen LogP contribution in [0.15, 0.2) is 47.6 Å². The van der Waals surface area contributed by atoms with Crippen molar-refractivity contribution in [3.63, 3.8) is 0 Å². The normalized spacial score (nSPS) is 25.1. The summed E-state index contributed by atoms with van der Waals surface area (Å²) in [5.74, 6) is 5.06. The van der Waals surface area contributed by atoms with Gasteiger partial charge in [-0.25, -0.2) is 5.01 Å². The molecule has 2 N–H and O–H groups in total. The Bertz CT molecular complexity index is 1030. The number of methoxy groups -OCH3 is 1. The lowest BCUT2D eigenvalue weighted by Crippen LogP contribution is -2.48. The third-order valence-electron chi connectivity index (χ3n) is 6.15. The maximum absolute atomic E-state index is 13.4. The van der Waals surface area contributed by atoms with Gasteiger partial charge < -0.3 is 10.5 Å². The van der Waals surface area contributed by atoms with Gasteiger partial charge in [-0.05, 0) is 55.9 Å². The molecule has 1 aromatic rings. The highest BCUT2D eigenvalue weighted by Gasteiger charge is 2.41. The van der Waals surface area contributed by atoms with Crippen LogP contribution in [-0.4, -0.2) is 35.7 Å². The van der Waals surface area contributed by atoms with E-state index < -0.39 is 5.91 Å². The summed E-state index contributed by atoms with van der Waals surface area (Å²) in [6.45, 7) is 0. The number of carbonyl (C=O) groups is 2. The third kappa shape index (κ3) is 4.41. The molecule has 2 aliphatic carbocycles. The van der Waals surface area contributed by atoms with Crippen molar-refractivity contribution in [1.82, 2.24) is 5.01 Å². The number of benzene rings is 1. The number of carbonyl (C=O) groups excluding carboxylic acids is 2. The summed E-state index contributed by atoms with van der Waals surface area (Å²) in [5, 5.41) is 6.61. The minimum absolute atomic E-state index is 0.00997. The number of amides is 2. The smallest absolute Gasteiger partial charge is 0.293 e. The zero-order chi connectivity index (χ0) is 21.8. The van der Waals surface area contributed by atoms with Gasteiger partial charge in [0.05, 0.1) is 30.3 Å². The Morgan fingerprint density at radius 3 is 2.77 bits per heavy atom. The van der Waals surface area contributed by atoms with Crippen LogP contribution < -0.4 is 10.5 Å². The fourth-order valence-electron chi connectivity index (χ4n) is 4.57. The number of nitrogens with zero attached hydrogens (tertiary/aromatic N) is 2. The second kappa shape index (κ2) is 9.22. The van der Waals surface area contributed by atoms with Crippen molar-refractivity contribution < 1.29 is 14.3 Å². The summed E-state index contributed by atoms with van der Waals surface area (Å²) in [5.41, 5.74) is 7.53. The number of fused-ring (bicyclic) bond motifs is 1. The van der Waals surface area contributed by atoms with Gasteiger partial charge in [-0.2, -0.15) is 5.10 Å². The lowest BCUT2D eigenvalue weighted by molar-refractivity contribution is -0.139. The quantitative estimate of drug-likeness (QED) is 0.606. The average Bonchev–Trinajstić information content (AvgIpc) is 3.07. The molecule has 6 nitrogen and oxygen atoms in total. The van der Waals surface area contributed by atoms with Crippen molar-refractivity contribution in [1.29, 1.82) is 0 Å². The monoisotopic (exact) mass is 417 g/mol. The molecule has 0 saturated heterocycles. The van der Waals surface area contributed by atoms with Gasteiger partial charge >= 0.3 is 0 Å². The summed E-state index contributed by atoms with van der Waals surface area (Å²) in [4.78, 5) is 24.5. The van der Waals surface area contributed by atoms with Crippen molar-refractivity contribution >= 4 is 17.5 Å². The Morgan fingerprint density at radius 2 is 2.00 bits per heavy atom. The number of rotatable bonds is 3. The first-order chi connectivity index (χ1) is 15.1. The molecule has 0 aromatic heterocycles. The van der Waals surface area contributed by atoms with Gasteiger partial charge in [-0.15, -0.1) is 0 Å². The van der Waals surface area contributed by atoms with Crippen LogP contribution in [0.4, 0.5) is 0 Å². The molecule has 0 fully saturated rings. The largest absolute Gasteiger partial charge is 0.495 e. The molecule has 31 heavy (non-hydrogen) atoms. The summed E-state index contributed by atoms with van der Waals surface area (Å²) in [6, 6.07) is 5.63. The van der Waals surface area contributed by atoms with E-state index in [1.165, 1.54) is 0 Å². The maximum atomic E-state index is 13.4. The van der Waals surface area contributed by atoms with Crippen molar-refractivity contribution in [3.05, 3.63) is 53.6 Å². The van der Waals surface area contributed by atoms with Crippen LogP contribution in [0.5, 0.6) is 5.75 Å². The topological polar surface area (TPSA) is 85.0 Å². The van der Waals surface area contributed by atoms with Crippen molar-refractivity contribution in [2.45, 2.75) is 44.6 Å². The predicted molar refractivity (Wildman–Crippen MR) is 119 cm³/mol. The summed E-state index contributed by atoms with van der Waals surface area (Å²) < 4.78 is 5.39. The second-order valence-corrected chi connectivity index (χ2v) is 8.13. The molecular formula is C25H27N3O3. The molecular weight excluding hydrogens is 390 g/mol. The zero-order valence-corrected chi connectivity index (χ0v) is 17.7. The molecule has 0 bridgehead atoms. The Morgan fingerprint density at radius 1 is 1.19 bits per heavy atom. The highest BCUT2D eigenvalue weighted by molar-refractivity contribution is 6.07. The fourth-order valence-corrected chi connectivity index (χ4v) is 4.57. The molecule has 1 aliphatic heterocycles. The van der Waals surface area contributed by atoms with Gasteiger partial charge in [0.1, 0.15) is 5.75 Å².